The summed E-state index contributed by atoms with van der Waals surface area (Å²) >= 11 is 0. The van der Waals surface area contributed by atoms with Gasteiger partial charge in [0.05, 0.1) is 11.1 Å². The fraction of sp³-hybridized carbons (Fsp3) is 0.200. The predicted molar refractivity (Wildman–Crippen MR) is 72.0 cm³/mol. The van der Waals surface area contributed by atoms with Crippen LogP contribution < -0.4 is 0 Å². The second-order valence-corrected chi connectivity index (χ2v) is 4.70. The number of carboxylic acids is 2. The number of hydrogen-bond donors (Lipinski definition) is 2. The summed E-state index contributed by atoms with van der Waals surface area (Å²) in [5.41, 5.74) is 0.305. The summed E-state index contributed by atoms with van der Waals surface area (Å²) in [4.78, 5) is 22.9. The van der Waals surface area contributed by atoms with Crippen molar-refractivity contribution in [2.75, 3.05) is 0 Å². The second kappa shape index (κ2) is 4.72. The van der Waals surface area contributed by atoms with E-state index in [0.717, 1.165) is 5.39 Å². The van der Waals surface area contributed by atoms with Gasteiger partial charge in [0.1, 0.15) is 0 Å². The first kappa shape index (κ1) is 13.1. The predicted octanol–water partition coefficient (Wildman–Crippen LogP) is 3.36. The summed E-state index contributed by atoms with van der Waals surface area (Å²) in [6.45, 7) is 3.70. The lowest BCUT2D eigenvalue weighted by atomic mass is 9.89. The van der Waals surface area contributed by atoms with Crippen molar-refractivity contribution in [2.24, 2.45) is 0 Å². The molecule has 2 N–H and O–H groups in total. The third-order valence-corrected chi connectivity index (χ3v) is 3.13. The quantitative estimate of drug-likeness (QED) is 0.885. The average molecular weight is 258 g/mol. The minimum atomic E-state index is -1.21. The number of fused-ring (bicyclic) bond motifs is 1. The molecule has 4 nitrogen and oxygen atoms in total. The molecule has 0 aliphatic rings. The van der Waals surface area contributed by atoms with Crippen LogP contribution in [0.25, 0.3) is 10.8 Å². The van der Waals surface area contributed by atoms with Crippen molar-refractivity contribution in [3.63, 3.8) is 0 Å². The monoisotopic (exact) mass is 258 g/mol. The molecule has 19 heavy (non-hydrogen) atoms. The van der Waals surface area contributed by atoms with Crippen LogP contribution in [0, 0.1) is 0 Å². The summed E-state index contributed by atoms with van der Waals surface area (Å²) in [5, 5.41) is 19.9. The van der Waals surface area contributed by atoms with E-state index in [1.54, 1.807) is 30.3 Å². The third-order valence-electron chi connectivity index (χ3n) is 3.13. The highest BCUT2D eigenvalue weighted by Gasteiger charge is 2.24. The normalized spacial score (nSPS) is 10.9. The van der Waals surface area contributed by atoms with Gasteiger partial charge >= 0.3 is 11.9 Å². The van der Waals surface area contributed by atoms with E-state index in [-0.39, 0.29) is 17.0 Å². The minimum Gasteiger partial charge on any atom is -0.478 e. The molecule has 0 unspecified atom stereocenters. The van der Waals surface area contributed by atoms with E-state index in [2.05, 4.69) is 0 Å². The number of aromatic carboxylic acids is 2. The maximum absolute atomic E-state index is 11.5. The summed E-state index contributed by atoms with van der Waals surface area (Å²) in [6, 6.07) is 8.69. The molecule has 0 radical (unpaired) electrons. The van der Waals surface area contributed by atoms with E-state index >= 15 is 0 Å². The van der Waals surface area contributed by atoms with Crippen LogP contribution >= 0.6 is 0 Å². The highest BCUT2D eigenvalue weighted by atomic mass is 16.4. The second-order valence-electron chi connectivity index (χ2n) is 4.70. The average Bonchev–Trinajstić information content (AvgIpc) is 2.35. The number of carbonyl (C=O) groups is 2. The molecule has 0 saturated heterocycles. The molecular weight excluding hydrogens is 244 g/mol. The molecular formula is C15H14O4. The molecule has 0 atom stereocenters. The van der Waals surface area contributed by atoms with Gasteiger partial charge in [-0.3, -0.25) is 0 Å². The molecule has 0 aliphatic heterocycles. The van der Waals surface area contributed by atoms with Crippen molar-refractivity contribution < 1.29 is 19.8 Å². The Bertz CT molecular complexity index is 671. The Morgan fingerprint density at radius 1 is 1.00 bits per heavy atom. The van der Waals surface area contributed by atoms with Gasteiger partial charge in [-0.2, -0.15) is 0 Å². The Balaban J connectivity index is 3.00. The maximum atomic E-state index is 11.5. The fourth-order valence-corrected chi connectivity index (χ4v) is 2.28. The summed E-state index contributed by atoms with van der Waals surface area (Å²) in [7, 11) is 0. The summed E-state index contributed by atoms with van der Waals surface area (Å²) in [5.74, 6) is -2.48. The first-order valence-electron chi connectivity index (χ1n) is 5.95. The van der Waals surface area contributed by atoms with E-state index < -0.39 is 11.9 Å². The zero-order valence-electron chi connectivity index (χ0n) is 10.7. The maximum Gasteiger partial charge on any atom is 0.337 e. The van der Waals surface area contributed by atoms with Crippen LogP contribution in [-0.4, -0.2) is 22.2 Å². The number of benzene rings is 2. The zero-order chi connectivity index (χ0) is 14.2. The molecule has 0 bridgehead atoms. The van der Waals surface area contributed by atoms with E-state index in [4.69, 9.17) is 0 Å². The third kappa shape index (κ3) is 2.17. The Morgan fingerprint density at radius 2 is 1.58 bits per heavy atom. The van der Waals surface area contributed by atoms with Gasteiger partial charge in [0.25, 0.3) is 0 Å². The van der Waals surface area contributed by atoms with Crippen LogP contribution in [0.15, 0.2) is 30.3 Å². The van der Waals surface area contributed by atoms with Crippen LogP contribution in [0.1, 0.15) is 46.0 Å². The molecule has 0 aromatic heterocycles. The molecule has 2 aromatic carbocycles. The van der Waals surface area contributed by atoms with Crippen LogP contribution in [0.5, 0.6) is 0 Å². The van der Waals surface area contributed by atoms with Gasteiger partial charge in [-0.15, -0.1) is 0 Å². The highest BCUT2D eigenvalue weighted by Crippen LogP contribution is 2.30. The van der Waals surface area contributed by atoms with E-state index in [0.29, 0.717) is 10.9 Å². The smallest absolute Gasteiger partial charge is 0.337 e. The van der Waals surface area contributed by atoms with Crippen molar-refractivity contribution in [3.8, 4) is 0 Å². The molecule has 2 rings (SSSR count). The van der Waals surface area contributed by atoms with Crippen molar-refractivity contribution in [3.05, 3.63) is 47.0 Å². The van der Waals surface area contributed by atoms with Crippen molar-refractivity contribution in [1.29, 1.82) is 0 Å². The Morgan fingerprint density at radius 3 is 2.11 bits per heavy atom. The van der Waals surface area contributed by atoms with E-state index in [1.807, 2.05) is 13.8 Å². The van der Waals surface area contributed by atoms with Gasteiger partial charge in [-0.1, -0.05) is 38.1 Å². The van der Waals surface area contributed by atoms with E-state index in [9.17, 15) is 19.8 Å². The first-order valence-corrected chi connectivity index (χ1v) is 5.95. The van der Waals surface area contributed by atoms with Crippen molar-refractivity contribution in [1.82, 2.24) is 0 Å². The van der Waals surface area contributed by atoms with Crippen LogP contribution in [0.4, 0.5) is 0 Å². The molecule has 0 amide bonds. The lowest BCUT2D eigenvalue weighted by molar-refractivity contribution is 0.0652. The number of hydrogen-bond acceptors (Lipinski definition) is 2. The topological polar surface area (TPSA) is 74.6 Å². The molecule has 2 aromatic rings. The van der Waals surface area contributed by atoms with Gasteiger partial charge in [0, 0.05) is 0 Å². The van der Waals surface area contributed by atoms with Gasteiger partial charge < -0.3 is 10.2 Å². The Hall–Kier alpha value is -2.36. The van der Waals surface area contributed by atoms with E-state index in [1.165, 1.54) is 0 Å². The molecule has 0 heterocycles. The molecule has 0 spiro atoms. The largest absolute Gasteiger partial charge is 0.478 e. The molecule has 0 fully saturated rings. The summed E-state index contributed by atoms with van der Waals surface area (Å²) in [6.07, 6.45) is 0. The van der Waals surface area contributed by atoms with Crippen molar-refractivity contribution in [2.45, 2.75) is 19.8 Å². The molecule has 98 valence electrons. The Kier molecular flexibility index (Phi) is 3.25. The first-order chi connectivity index (χ1) is 8.93. The zero-order valence-corrected chi connectivity index (χ0v) is 10.7. The fourth-order valence-electron chi connectivity index (χ4n) is 2.28. The lowest BCUT2D eigenvalue weighted by Gasteiger charge is -2.15. The van der Waals surface area contributed by atoms with Gasteiger partial charge in [0.2, 0.25) is 0 Å². The van der Waals surface area contributed by atoms with Crippen LogP contribution in [0.2, 0.25) is 0 Å². The molecule has 0 saturated carbocycles. The van der Waals surface area contributed by atoms with Crippen LogP contribution in [0.3, 0.4) is 0 Å². The number of rotatable bonds is 3. The standard InChI is InChI=1S/C15H14O4/c1-8(2)11-7-9-5-3-4-6-10(9)12(14(16)17)13(11)15(18)19/h3-8H,1-2H3,(H,16,17)(H,18,19). The summed E-state index contributed by atoms with van der Waals surface area (Å²) < 4.78 is 0. The van der Waals surface area contributed by atoms with Crippen molar-refractivity contribution >= 4 is 22.7 Å². The lowest BCUT2D eigenvalue weighted by Crippen LogP contribution is -2.13. The van der Waals surface area contributed by atoms with Crippen LogP contribution in [-0.2, 0) is 0 Å². The van der Waals surface area contributed by atoms with Gasteiger partial charge in [-0.25, -0.2) is 9.59 Å². The Labute approximate surface area is 110 Å². The molecule has 4 heteroatoms. The highest BCUT2D eigenvalue weighted by molar-refractivity contribution is 6.12. The molecule has 0 aliphatic carbocycles. The van der Waals surface area contributed by atoms with Gasteiger partial charge in [-0.05, 0) is 28.3 Å². The van der Waals surface area contributed by atoms with Gasteiger partial charge in [0.15, 0.2) is 0 Å². The SMILES string of the molecule is CC(C)c1cc2ccccc2c(C(=O)O)c1C(=O)O. The number of carboxylic acid groups (broad SMARTS) is 2. The minimum absolute atomic E-state index is 0.0613.